The van der Waals surface area contributed by atoms with E-state index in [0.29, 0.717) is 0 Å². The van der Waals surface area contributed by atoms with Crippen molar-refractivity contribution in [2.45, 2.75) is 19.9 Å². The average molecular weight is 369 g/mol. The SMILES string of the molecule is Cc1ccc2nc([C@@H](C)Nc3cc(-c4ccncc4)nc4ccnn34)[nH]c2c1. The molecule has 0 aliphatic rings. The number of anilines is 1. The monoisotopic (exact) mass is 369 g/mol. The van der Waals surface area contributed by atoms with Crippen LogP contribution in [0.15, 0.2) is 61.1 Å². The number of hydrogen-bond donors (Lipinski definition) is 2. The van der Waals surface area contributed by atoms with Gasteiger partial charge in [-0.1, -0.05) is 6.07 Å². The summed E-state index contributed by atoms with van der Waals surface area (Å²) in [6.07, 6.45) is 5.28. The Morgan fingerprint density at radius 2 is 1.86 bits per heavy atom. The van der Waals surface area contributed by atoms with Gasteiger partial charge in [0.15, 0.2) is 5.65 Å². The van der Waals surface area contributed by atoms with Gasteiger partial charge in [0.1, 0.15) is 11.6 Å². The first-order valence-corrected chi connectivity index (χ1v) is 9.15. The summed E-state index contributed by atoms with van der Waals surface area (Å²) in [5, 5.41) is 7.93. The predicted molar refractivity (Wildman–Crippen MR) is 109 cm³/mol. The standard InChI is InChI=1S/C21H19N7/c1-13-3-4-16-18(11-13)27-21(26-16)14(2)24-20-12-17(15-5-8-22-9-6-15)25-19-7-10-23-28(19)20/h3-12,14,24H,1-2H3,(H,26,27)/t14-/m1/s1. The summed E-state index contributed by atoms with van der Waals surface area (Å²) in [6, 6.07) is 14.0. The van der Waals surface area contributed by atoms with Gasteiger partial charge in [-0.3, -0.25) is 4.98 Å². The number of H-pyrrole nitrogens is 1. The second-order valence-corrected chi connectivity index (χ2v) is 6.87. The predicted octanol–water partition coefficient (Wildman–Crippen LogP) is 4.15. The maximum atomic E-state index is 4.73. The Bertz CT molecular complexity index is 1270. The summed E-state index contributed by atoms with van der Waals surface area (Å²) >= 11 is 0. The topological polar surface area (TPSA) is 83.8 Å². The molecule has 0 aliphatic heterocycles. The molecule has 4 aromatic heterocycles. The van der Waals surface area contributed by atoms with Crippen LogP contribution >= 0.6 is 0 Å². The first kappa shape index (κ1) is 16.4. The number of aromatic amines is 1. The number of aryl methyl sites for hydroxylation is 1. The van der Waals surface area contributed by atoms with Crippen molar-refractivity contribution in [2.24, 2.45) is 0 Å². The van der Waals surface area contributed by atoms with Crippen molar-refractivity contribution >= 4 is 22.5 Å². The molecule has 0 amide bonds. The molecule has 5 rings (SSSR count). The van der Waals surface area contributed by atoms with Crippen molar-refractivity contribution in [3.8, 4) is 11.3 Å². The number of nitrogens with one attached hydrogen (secondary N) is 2. The molecule has 1 atom stereocenters. The van der Waals surface area contributed by atoms with Gasteiger partial charge in [-0.25, -0.2) is 9.97 Å². The van der Waals surface area contributed by atoms with Crippen LogP contribution < -0.4 is 5.32 Å². The van der Waals surface area contributed by atoms with Gasteiger partial charge >= 0.3 is 0 Å². The second kappa shape index (κ2) is 6.45. The molecule has 28 heavy (non-hydrogen) atoms. The lowest BCUT2D eigenvalue weighted by Crippen LogP contribution is -2.12. The van der Waals surface area contributed by atoms with Crippen LogP contribution in [-0.4, -0.2) is 29.5 Å². The molecular formula is C21H19N7. The van der Waals surface area contributed by atoms with E-state index in [1.807, 2.05) is 30.3 Å². The van der Waals surface area contributed by atoms with Gasteiger partial charge in [0.05, 0.1) is 29.0 Å². The fraction of sp³-hybridized carbons (Fsp3) is 0.143. The largest absolute Gasteiger partial charge is 0.360 e. The van der Waals surface area contributed by atoms with E-state index >= 15 is 0 Å². The number of aromatic nitrogens is 6. The van der Waals surface area contributed by atoms with E-state index in [0.717, 1.165) is 39.6 Å². The van der Waals surface area contributed by atoms with Crippen molar-refractivity contribution in [1.82, 2.24) is 29.5 Å². The van der Waals surface area contributed by atoms with Crippen molar-refractivity contribution in [1.29, 1.82) is 0 Å². The highest BCUT2D eigenvalue weighted by molar-refractivity contribution is 5.76. The van der Waals surface area contributed by atoms with E-state index in [-0.39, 0.29) is 6.04 Å². The zero-order chi connectivity index (χ0) is 19.1. The normalized spacial score (nSPS) is 12.5. The molecule has 5 aromatic rings. The molecule has 0 saturated heterocycles. The van der Waals surface area contributed by atoms with Crippen LogP contribution in [-0.2, 0) is 0 Å². The van der Waals surface area contributed by atoms with E-state index in [4.69, 9.17) is 9.97 Å². The molecule has 7 heteroatoms. The molecule has 0 radical (unpaired) electrons. The zero-order valence-electron chi connectivity index (χ0n) is 15.6. The summed E-state index contributed by atoms with van der Waals surface area (Å²) in [5.41, 5.74) is 5.87. The number of fused-ring (bicyclic) bond motifs is 2. The Hall–Kier alpha value is -3.74. The van der Waals surface area contributed by atoms with Crippen molar-refractivity contribution < 1.29 is 0 Å². The molecule has 0 saturated carbocycles. The maximum Gasteiger partial charge on any atom is 0.157 e. The molecule has 138 valence electrons. The van der Waals surface area contributed by atoms with Gasteiger partial charge in [-0.05, 0) is 43.7 Å². The number of nitrogens with zero attached hydrogens (tertiary/aromatic N) is 5. The van der Waals surface area contributed by atoms with E-state index < -0.39 is 0 Å². The Morgan fingerprint density at radius 3 is 2.71 bits per heavy atom. The Morgan fingerprint density at radius 1 is 1.00 bits per heavy atom. The molecule has 4 heterocycles. The van der Waals surface area contributed by atoms with Gasteiger partial charge in [0, 0.05) is 30.1 Å². The lowest BCUT2D eigenvalue weighted by atomic mass is 10.2. The lowest BCUT2D eigenvalue weighted by molar-refractivity contribution is 0.792. The molecule has 0 fully saturated rings. The second-order valence-electron chi connectivity index (χ2n) is 6.87. The minimum absolute atomic E-state index is 0.0344. The van der Waals surface area contributed by atoms with Gasteiger partial charge in [-0.15, -0.1) is 0 Å². The molecule has 0 aliphatic carbocycles. The van der Waals surface area contributed by atoms with Gasteiger partial charge in [-0.2, -0.15) is 9.61 Å². The van der Waals surface area contributed by atoms with Crippen LogP contribution in [0.3, 0.4) is 0 Å². The average Bonchev–Trinajstić information content (AvgIpc) is 3.35. The zero-order valence-corrected chi connectivity index (χ0v) is 15.6. The first-order valence-electron chi connectivity index (χ1n) is 9.15. The van der Waals surface area contributed by atoms with Gasteiger partial charge in [0.25, 0.3) is 0 Å². The minimum atomic E-state index is -0.0344. The van der Waals surface area contributed by atoms with E-state index in [9.17, 15) is 0 Å². The summed E-state index contributed by atoms with van der Waals surface area (Å²) < 4.78 is 1.80. The minimum Gasteiger partial charge on any atom is -0.360 e. The molecule has 0 unspecified atom stereocenters. The molecule has 0 bridgehead atoms. The molecule has 2 N–H and O–H groups in total. The summed E-state index contributed by atoms with van der Waals surface area (Å²) in [6.45, 7) is 4.15. The highest BCUT2D eigenvalue weighted by Gasteiger charge is 2.14. The molecular weight excluding hydrogens is 350 g/mol. The van der Waals surface area contributed by atoms with Crippen LogP contribution in [0, 0.1) is 6.92 Å². The van der Waals surface area contributed by atoms with E-state index in [1.54, 1.807) is 23.1 Å². The number of benzene rings is 1. The molecule has 1 aromatic carbocycles. The highest BCUT2D eigenvalue weighted by atomic mass is 15.3. The lowest BCUT2D eigenvalue weighted by Gasteiger charge is -2.15. The fourth-order valence-electron chi connectivity index (χ4n) is 3.32. The summed E-state index contributed by atoms with van der Waals surface area (Å²) in [4.78, 5) is 16.9. The van der Waals surface area contributed by atoms with Crippen molar-refractivity contribution in [2.75, 3.05) is 5.32 Å². The quantitative estimate of drug-likeness (QED) is 0.497. The summed E-state index contributed by atoms with van der Waals surface area (Å²) in [5.74, 6) is 1.73. The number of hydrogen-bond acceptors (Lipinski definition) is 5. The van der Waals surface area contributed by atoms with Gasteiger partial charge < -0.3 is 10.3 Å². The molecule has 7 nitrogen and oxygen atoms in total. The Kier molecular flexibility index (Phi) is 3.79. The maximum absolute atomic E-state index is 4.73. The van der Waals surface area contributed by atoms with Crippen LogP contribution in [0.25, 0.3) is 27.9 Å². The first-order chi connectivity index (χ1) is 13.7. The third-order valence-electron chi connectivity index (χ3n) is 4.77. The number of pyridine rings is 1. The van der Waals surface area contributed by atoms with Crippen LogP contribution in [0.1, 0.15) is 24.4 Å². The smallest absolute Gasteiger partial charge is 0.157 e. The number of imidazole rings is 1. The van der Waals surface area contributed by atoms with Crippen molar-refractivity contribution in [3.63, 3.8) is 0 Å². The van der Waals surface area contributed by atoms with E-state index in [1.165, 1.54) is 5.56 Å². The van der Waals surface area contributed by atoms with E-state index in [2.05, 4.69) is 46.4 Å². The third kappa shape index (κ3) is 2.87. The van der Waals surface area contributed by atoms with Crippen LogP contribution in [0.5, 0.6) is 0 Å². The van der Waals surface area contributed by atoms with Crippen LogP contribution in [0.4, 0.5) is 5.82 Å². The third-order valence-corrected chi connectivity index (χ3v) is 4.77. The number of rotatable bonds is 4. The Labute approximate surface area is 161 Å². The highest BCUT2D eigenvalue weighted by Crippen LogP contribution is 2.25. The van der Waals surface area contributed by atoms with Crippen LogP contribution in [0.2, 0.25) is 0 Å². The van der Waals surface area contributed by atoms with Crippen molar-refractivity contribution in [3.05, 3.63) is 72.4 Å². The molecule has 0 spiro atoms. The fourth-order valence-corrected chi connectivity index (χ4v) is 3.32. The Balaban J connectivity index is 1.53. The summed E-state index contributed by atoms with van der Waals surface area (Å²) in [7, 11) is 0. The van der Waals surface area contributed by atoms with Gasteiger partial charge in [0.2, 0.25) is 0 Å².